The maximum absolute atomic E-state index is 11.1. The second-order valence-corrected chi connectivity index (χ2v) is 6.54. The van der Waals surface area contributed by atoms with Crippen molar-refractivity contribution in [3.8, 4) is 23.2 Å². The third-order valence-corrected chi connectivity index (χ3v) is 5.05. The molecule has 0 saturated carbocycles. The Morgan fingerprint density at radius 2 is 2.23 bits per heavy atom. The molecule has 0 fully saturated rings. The zero-order chi connectivity index (χ0) is 18.3. The Balaban J connectivity index is 1.93. The lowest BCUT2D eigenvalue weighted by atomic mass is 9.87. The van der Waals surface area contributed by atoms with Crippen LogP contribution in [0.2, 0.25) is 0 Å². The van der Waals surface area contributed by atoms with Crippen LogP contribution in [-0.4, -0.2) is 15.1 Å². The number of nitriles is 1. The summed E-state index contributed by atoms with van der Waals surface area (Å²) >= 11 is 1.48. The number of nitrogens with two attached hydrogens (primary N) is 1. The topological polar surface area (TPSA) is 131 Å². The van der Waals surface area contributed by atoms with Gasteiger partial charge in [0, 0.05) is 22.6 Å². The van der Waals surface area contributed by atoms with E-state index < -0.39 is 10.8 Å². The van der Waals surface area contributed by atoms with Crippen molar-refractivity contribution in [3.05, 3.63) is 73.8 Å². The van der Waals surface area contributed by atoms with Gasteiger partial charge in [0.05, 0.1) is 22.1 Å². The Hall–Kier alpha value is -3.64. The number of non-ortho nitro benzene ring substituents is 1. The van der Waals surface area contributed by atoms with E-state index in [1.165, 1.54) is 23.5 Å². The molecule has 2 aromatic heterocycles. The number of aromatic amines is 1. The first-order valence-corrected chi connectivity index (χ1v) is 8.42. The molecular weight excluding hydrogens is 354 g/mol. The van der Waals surface area contributed by atoms with Gasteiger partial charge in [-0.3, -0.25) is 15.2 Å². The first kappa shape index (κ1) is 15.9. The molecule has 8 nitrogen and oxygen atoms in total. The highest BCUT2D eigenvalue weighted by molar-refractivity contribution is 7.10. The number of hydrogen-bond acceptors (Lipinski definition) is 7. The molecule has 26 heavy (non-hydrogen) atoms. The Morgan fingerprint density at radius 1 is 1.38 bits per heavy atom. The lowest BCUT2D eigenvalue weighted by Gasteiger charge is -2.22. The minimum absolute atomic E-state index is 0.00972. The van der Waals surface area contributed by atoms with E-state index in [2.05, 4.69) is 16.3 Å². The lowest BCUT2D eigenvalue weighted by molar-refractivity contribution is -0.384. The van der Waals surface area contributed by atoms with Crippen LogP contribution in [0.4, 0.5) is 5.69 Å². The summed E-state index contributed by atoms with van der Waals surface area (Å²) in [6.45, 7) is 0. The van der Waals surface area contributed by atoms with Gasteiger partial charge in [0.25, 0.3) is 5.69 Å². The van der Waals surface area contributed by atoms with Crippen molar-refractivity contribution in [1.29, 1.82) is 5.26 Å². The number of nitrogens with zero attached hydrogens (tertiary/aromatic N) is 3. The standard InChI is InChI=1S/C17H11N5O3S/c18-8-11-13(12-5-2-6-26-12)14-15(20-21-17(14)25-16(11)19)9-3-1-4-10(7-9)22(23)24/h1-7,13H,19H2,(H,20,21)/t13-/m0/s1. The van der Waals surface area contributed by atoms with E-state index in [0.29, 0.717) is 16.8 Å². The highest BCUT2D eigenvalue weighted by Gasteiger charge is 2.36. The summed E-state index contributed by atoms with van der Waals surface area (Å²) in [7, 11) is 0. The van der Waals surface area contributed by atoms with E-state index in [4.69, 9.17) is 10.5 Å². The van der Waals surface area contributed by atoms with Gasteiger partial charge < -0.3 is 10.5 Å². The monoisotopic (exact) mass is 365 g/mol. The molecule has 1 aliphatic rings. The molecule has 0 aliphatic carbocycles. The zero-order valence-electron chi connectivity index (χ0n) is 13.2. The quantitative estimate of drug-likeness (QED) is 0.541. The molecule has 1 aromatic carbocycles. The van der Waals surface area contributed by atoms with Crippen LogP contribution < -0.4 is 10.5 Å². The predicted octanol–water partition coefficient (Wildman–Crippen LogP) is 3.26. The smallest absolute Gasteiger partial charge is 0.270 e. The fourth-order valence-electron chi connectivity index (χ4n) is 2.98. The Kier molecular flexibility index (Phi) is 3.67. The van der Waals surface area contributed by atoms with E-state index in [9.17, 15) is 15.4 Å². The number of nitro groups is 1. The summed E-state index contributed by atoms with van der Waals surface area (Å²) in [4.78, 5) is 11.5. The van der Waals surface area contributed by atoms with Gasteiger partial charge in [0.2, 0.25) is 11.8 Å². The number of allylic oxidation sites excluding steroid dienone is 1. The summed E-state index contributed by atoms with van der Waals surface area (Å²) in [5, 5.41) is 29.6. The summed E-state index contributed by atoms with van der Waals surface area (Å²) in [5.74, 6) is -0.173. The van der Waals surface area contributed by atoms with Crippen LogP contribution in [0.3, 0.4) is 0 Å². The third-order valence-electron chi connectivity index (χ3n) is 4.11. The molecule has 3 heterocycles. The number of benzene rings is 1. The number of rotatable bonds is 3. The van der Waals surface area contributed by atoms with Crippen LogP contribution in [0.1, 0.15) is 16.4 Å². The molecular formula is C17H11N5O3S. The summed E-state index contributed by atoms with van der Waals surface area (Å²) < 4.78 is 5.51. The van der Waals surface area contributed by atoms with Crippen LogP contribution in [0.15, 0.2) is 53.2 Å². The van der Waals surface area contributed by atoms with Gasteiger partial charge in [-0.25, -0.2) is 0 Å². The van der Waals surface area contributed by atoms with Gasteiger partial charge in [0.15, 0.2) is 0 Å². The molecule has 0 radical (unpaired) electrons. The molecule has 0 amide bonds. The SMILES string of the molecule is N#CC1=C(N)Oc2n[nH]c(-c3cccc([N+](=O)[O-])c3)c2[C@@H]1c1cccs1. The molecule has 3 aromatic rings. The van der Waals surface area contributed by atoms with E-state index in [1.54, 1.807) is 12.1 Å². The van der Waals surface area contributed by atoms with Crippen LogP contribution in [0.5, 0.6) is 5.88 Å². The van der Waals surface area contributed by atoms with Gasteiger partial charge in [-0.15, -0.1) is 16.4 Å². The second-order valence-electron chi connectivity index (χ2n) is 5.57. The number of aromatic nitrogens is 2. The van der Waals surface area contributed by atoms with E-state index in [1.807, 2.05) is 17.5 Å². The molecule has 0 unspecified atom stereocenters. The molecule has 4 rings (SSSR count). The van der Waals surface area contributed by atoms with Crippen LogP contribution in [0, 0.1) is 21.4 Å². The van der Waals surface area contributed by atoms with Crippen LogP contribution in [0.25, 0.3) is 11.3 Å². The number of nitrogens with one attached hydrogen (secondary N) is 1. The minimum Gasteiger partial charge on any atom is -0.420 e. The van der Waals surface area contributed by atoms with E-state index in [-0.39, 0.29) is 23.0 Å². The average Bonchev–Trinajstić information content (AvgIpc) is 3.30. The molecule has 1 aliphatic heterocycles. The molecule has 1 atom stereocenters. The molecule has 0 spiro atoms. The van der Waals surface area contributed by atoms with Gasteiger partial charge in [-0.2, -0.15) is 5.26 Å². The fourth-order valence-corrected chi connectivity index (χ4v) is 3.82. The van der Waals surface area contributed by atoms with E-state index >= 15 is 0 Å². The highest BCUT2D eigenvalue weighted by Crippen LogP contribution is 2.46. The minimum atomic E-state index is -0.460. The number of H-pyrrole nitrogens is 1. The second kappa shape index (κ2) is 6.02. The number of nitro benzene ring substituents is 1. The summed E-state index contributed by atoms with van der Waals surface area (Å²) in [5.41, 5.74) is 7.93. The van der Waals surface area contributed by atoms with E-state index in [0.717, 1.165) is 4.88 Å². The first-order valence-electron chi connectivity index (χ1n) is 7.54. The Bertz CT molecular complexity index is 1080. The van der Waals surface area contributed by atoms with Crippen molar-refractivity contribution in [2.24, 2.45) is 5.73 Å². The molecule has 9 heteroatoms. The number of thiophene rings is 1. The number of hydrogen-bond donors (Lipinski definition) is 2. The lowest BCUT2D eigenvalue weighted by Crippen LogP contribution is -2.20. The molecule has 128 valence electrons. The van der Waals surface area contributed by atoms with Gasteiger partial charge >= 0.3 is 0 Å². The average molecular weight is 365 g/mol. The predicted molar refractivity (Wildman–Crippen MR) is 94.3 cm³/mol. The Labute approximate surface area is 151 Å². The van der Waals surface area contributed by atoms with Crippen molar-refractivity contribution in [2.45, 2.75) is 5.92 Å². The van der Waals surface area contributed by atoms with Crippen molar-refractivity contribution < 1.29 is 9.66 Å². The summed E-state index contributed by atoms with van der Waals surface area (Å²) in [6.07, 6.45) is 0. The highest BCUT2D eigenvalue weighted by atomic mass is 32.1. The maximum atomic E-state index is 11.1. The van der Waals surface area contributed by atoms with Gasteiger partial charge in [-0.1, -0.05) is 18.2 Å². The molecule has 3 N–H and O–H groups in total. The van der Waals surface area contributed by atoms with Crippen molar-refractivity contribution in [1.82, 2.24) is 10.2 Å². The number of fused-ring (bicyclic) bond motifs is 1. The normalized spacial score (nSPS) is 15.9. The van der Waals surface area contributed by atoms with Crippen LogP contribution in [-0.2, 0) is 0 Å². The zero-order valence-corrected chi connectivity index (χ0v) is 14.0. The molecule has 0 saturated heterocycles. The maximum Gasteiger partial charge on any atom is 0.270 e. The largest absolute Gasteiger partial charge is 0.420 e. The summed E-state index contributed by atoms with van der Waals surface area (Å²) in [6, 6.07) is 12.1. The fraction of sp³-hybridized carbons (Fsp3) is 0.0588. The van der Waals surface area contributed by atoms with Crippen LogP contribution >= 0.6 is 11.3 Å². The van der Waals surface area contributed by atoms with Crippen molar-refractivity contribution in [3.63, 3.8) is 0 Å². The Morgan fingerprint density at radius 3 is 2.92 bits per heavy atom. The first-order chi connectivity index (χ1) is 12.6. The molecule has 0 bridgehead atoms. The van der Waals surface area contributed by atoms with Gasteiger partial charge in [-0.05, 0) is 11.4 Å². The number of ether oxygens (including phenoxy) is 1. The third kappa shape index (κ3) is 2.40. The van der Waals surface area contributed by atoms with Gasteiger partial charge in [0.1, 0.15) is 11.6 Å². The van der Waals surface area contributed by atoms with Crippen molar-refractivity contribution >= 4 is 17.0 Å². The van der Waals surface area contributed by atoms with Crippen molar-refractivity contribution in [2.75, 3.05) is 0 Å².